The molecule has 1 aromatic rings. The molecule has 0 aliphatic carbocycles. The molecule has 1 rings (SSSR count). The van der Waals surface area contributed by atoms with Gasteiger partial charge in [0.05, 0.1) is 10.8 Å². The first-order valence-corrected chi connectivity index (χ1v) is 4.60. The summed E-state index contributed by atoms with van der Waals surface area (Å²) < 4.78 is 0. The van der Waals surface area contributed by atoms with Gasteiger partial charge >= 0.3 is 0 Å². The molecular weight excluding hydrogens is 196 g/mol. The topological polar surface area (TPSA) is 86.2 Å². The average Bonchev–Trinajstić information content (AvgIpc) is 2.18. The number of carbonyl (C=O) groups excluding carboxylic acids is 1. The molecule has 0 radical (unpaired) electrons. The number of non-ortho nitro benzene ring substituents is 1. The minimum absolute atomic E-state index is 0.0211. The maximum atomic E-state index is 11.1. The lowest BCUT2D eigenvalue weighted by Gasteiger charge is -2.10. The second-order valence-electron chi connectivity index (χ2n) is 3.22. The first-order chi connectivity index (χ1) is 7.06. The molecule has 80 valence electrons. The van der Waals surface area contributed by atoms with Gasteiger partial charge in [-0.25, -0.2) is 0 Å². The van der Waals surface area contributed by atoms with Crippen molar-refractivity contribution < 1.29 is 9.72 Å². The van der Waals surface area contributed by atoms with Crippen molar-refractivity contribution in [3.63, 3.8) is 0 Å². The predicted octanol–water partition coefficient (Wildman–Crippen LogP) is 1.57. The van der Waals surface area contributed by atoms with Crippen LogP contribution in [0.5, 0.6) is 0 Å². The molecule has 0 saturated heterocycles. The summed E-state index contributed by atoms with van der Waals surface area (Å²) >= 11 is 0. The van der Waals surface area contributed by atoms with Crippen LogP contribution < -0.4 is 5.73 Å². The summed E-state index contributed by atoms with van der Waals surface area (Å²) in [5, 5.41) is 10.5. The van der Waals surface area contributed by atoms with E-state index in [4.69, 9.17) is 5.73 Å². The van der Waals surface area contributed by atoms with E-state index in [1.54, 1.807) is 12.1 Å². The Morgan fingerprint density at radius 3 is 2.73 bits per heavy atom. The normalized spacial score (nSPS) is 12.1. The van der Waals surface area contributed by atoms with E-state index in [0.29, 0.717) is 12.0 Å². The van der Waals surface area contributed by atoms with E-state index in [-0.39, 0.29) is 5.69 Å². The second kappa shape index (κ2) is 4.54. The highest BCUT2D eigenvalue weighted by molar-refractivity contribution is 5.82. The number of hydrogen-bond donors (Lipinski definition) is 1. The van der Waals surface area contributed by atoms with Gasteiger partial charge in [0.15, 0.2) is 0 Å². The van der Waals surface area contributed by atoms with Crippen LogP contribution in [0.3, 0.4) is 0 Å². The van der Waals surface area contributed by atoms with Crippen molar-refractivity contribution in [3.05, 3.63) is 39.9 Å². The van der Waals surface area contributed by atoms with Crippen molar-refractivity contribution in [2.24, 2.45) is 5.73 Å². The van der Waals surface area contributed by atoms with E-state index in [1.165, 1.54) is 12.1 Å². The van der Waals surface area contributed by atoms with Crippen LogP contribution in [0.4, 0.5) is 5.69 Å². The van der Waals surface area contributed by atoms with Crippen molar-refractivity contribution in [1.29, 1.82) is 0 Å². The number of nitrogens with two attached hydrogens (primary N) is 1. The minimum Gasteiger partial charge on any atom is -0.369 e. The zero-order chi connectivity index (χ0) is 11.4. The molecular formula is C10H12N2O3. The molecule has 0 fully saturated rings. The molecule has 0 heterocycles. The molecule has 1 unspecified atom stereocenters. The van der Waals surface area contributed by atoms with Crippen LogP contribution in [0.15, 0.2) is 24.3 Å². The first kappa shape index (κ1) is 11.2. The van der Waals surface area contributed by atoms with Crippen LogP contribution in [-0.4, -0.2) is 10.8 Å². The smallest absolute Gasteiger partial charge is 0.269 e. The van der Waals surface area contributed by atoms with Gasteiger partial charge in [-0.2, -0.15) is 0 Å². The van der Waals surface area contributed by atoms with E-state index < -0.39 is 16.7 Å². The molecule has 1 aromatic carbocycles. The predicted molar refractivity (Wildman–Crippen MR) is 55.3 cm³/mol. The van der Waals surface area contributed by atoms with Gasteiger partial charge in [0.25, 0.3) is 5.69 Å². The molecule has 0 aliphatic heterocycles. The molecule has 0 aromatic heterocycles. The molecule has 15 heavy (non-hydrogen) atoms. The summed E-state index contributed by atoms with van der Waals surface area (Å²) in [6, 6.07) is 6.00. The third-order valence-corrected chi connectivity index (χ3v) is 2.24. The minimum atomic E-state index is -0.489. The number of nitro groups is 1. The first-order valence-electron chi connectivity index (χ1n) is 4.60. The van der Waals surface area contributed by atoms with E-state index in [0.717, 1.165) is 0 Å². The number of nitrogens with zero attached hydrogens (tertiary/aromatic N) is 1. The maximum Gasteiger partial charge on any atom is 0.269 e. The Labute approximate surface area is 87.0 Å². The summed E-state index contributed by atoms with van der Waals surface area (Å²) in [5.74, 6) is -0.914. The monoisotopic (exact) mass is 208 g/mol. The number of rotatable bonds is 4. The van der Waals surface area contributed by atoms with E-state index in [9.17, 15) is 14.9 Å². The van der Waals surface area contributed by atoms with E-state index in [2.05, 4.69) is 0 Å². The van der Waals surface area contributed by atoms with Crippen LogP contribution >= 0.6 is 0 Å². The summed E-state index contributed by atoms with van der Waals surface area (Å²) in [6.07, 6.45) is 0.538. The van der Waals surface area contributed by atoms with Gasteiger partial charge in [-0.3, -0.25) is 14.9 Å². The van der Waals surface area contributed by atoms with Crippen molar-refractivity contribution >= 4 is 11.6 Å². The Morgan fingerprint density at radius 1 is 1.60 bits per heavy atom. The number of hydrogen-bond acceptors (Lipinski definition) is 3. The fourth-order valence-corrected chi connectivity index (χ4v) is 1.46. The Morgan fingerprint density at radius 2 is 2.27 bits per heavy atom. The maximum absolute atomic E-state index is 11.1. The highest BCUT2D eigenvalue weighted by Gasteiger charge is 2.17. The van der Waals surface area contributed by atoms with E-state index in [1.807, 2.05) is 6.92 Å². The summed E-state index contributed by atoms with van der Waals surface area (Å²) in [4.78, 5) is 21.1. The van der Waals surface area contributed by atoms with Gasteiger partial charge in [0, 0.05) is 12.1 Å². The third-order valence-electron chi connectivity index (χ3n) is 2.24. The van der Waals surface area contributed by atoms with Crippen LogP contribution in [0.25, 0.3) is 0 Å². The molecule has 5 nitrogen and oxygen atoms in total. The van der Waals surface area contributed by atoms with Crippen molar-refractivity contribution in [2.75, 3.05) is 0 Å². The highest BCUT2D eigenvalue weighted by Crippen LogP contribution is 2.22. The highest BCUT2D eigenvalue weighted by atomic mass is 16.6. The van der Waals surface area contributed by atoms with Gasteiger partial charge in [-0.05, 0) is 12.0 Å². The number of benzene rings is 1. The van der Waals surface area contributed by atoms with Crippen LogP contribution in [0.1, 0.15) is 24.8 Å². The molecule has 0 spiro atoms. The standard InChI is InChI=1S/C10H12N2O3/c1-2-9(10(11)13)7-4-3-5-8(6-7)12(14)15/h3-6,9H,2H2,1H3,(H2,11,13). The van der Waals surface area contributed by atoms with Gasteiger partial charge < -0.3 is 5.73 Å². The molecule has 0 saturated carbocycles. The van der Waals surface area contributed by atoms with Crippen molar-refractivity contribution in [3.8, 4) is 0 Å². The molecule has 1 amide bonds. The summed E-state index contributed by atoms with van der Waals surface area (Å²) in [6.45, 7) is 1.81. The van der Waals surface area contributed by atoms with Crippen molar-refractivity contribution in [1.82, 2.24) is 0 Å². The SMILES string of the molecule is CCC(C(N)=O)c1cccc([N+](=O)[O-])c1. The lowest BCUT2D eigenvalue weighted by molar-refractivity contribution is -0.384. The Kier molecular flexibility index (Phi) is 3.38. The lowest BCUT2D eigenvalue weighted by Crippen LogP contribution is -2.20. The molecule has 0 bridgehead atoms. The summed E-state index contributed by atoms with van der Waals surface area (Å²) in [5.41, 5.74) is 5.77. The Balaban J connectivity index is 3.08. The van der Waals surface area contributed by atoms with Gasteiger partial charge in [0.1, 0.15) is 0 Å². The van der Waals surface area contributed by atoms with Crippen molar-refractivity contribution in [2.45, 2.75) is 19.3 Å². The zero-order valence-corrected chi connectivity index (χ0v) is 8.34. The quantitative estimate of drug-likeness (QED) is 0.601. The molecule has 0 aliphatic rings. The largest absolute Gasteiger partial charge is 0.369 e. The van der Waals surface area contributed by atoms with Crippen LogP contribution in [0.2, 0.25) is 0 Å². The zero-order valence-electron chi connectivity index (χ0n) is 8.34. The molecule has 1 atom stereocenters. The van der Waals surface area contributed by atoms with Gasteiger partial charge in [-0.1, -0.05) is 19.1 Å². The number of carbonyl (C=O) groups is 1. The average molecular weight is 208 g/mol. The molecule has 2 N–H and O–H groups in total. The molecule has 5 heteroatoms. The van der Waals surface area contributed by atoms with Crippen LogP contribution in [-0.2, 0) is 4.79 Å². The lowest BCUT2D eigenvalue weighted by atomic mass is 9.95. The van der Waals surface area contributed by atoms with Crippen LogP contribution in [0, 0.1) is 10.1 Å². The number of nitro benzene ring substituents is 1. The third kappa shape index (κ3) is 2.52. The number of amides is 1. The fourth-order valence-electron chi connectivity index (χ4n) is 1.46. The van der Waals surface area contributed by atoms with E-state index >= 15 is 0 Å². The van der Waals surface area contributed by atoms with Gasteiger partial charge in [0.2, 0.25) is 5.91 Å². The number of primary amides is 1. The Bertz CT molecular complexity index is 390. The summed E-state index contributed by atoms with van der Waals surface area (Å²) in [7, 11) is 0. The Hall–Kier alpha value is -1.91. The second-order valence-corrected chi connectivity index (χ2v) is 3.22. The fraction of sp³-hybridized carbons (Fsp3) is 0.300. The van der Waals surface area contributed by atoms with Gasteiger partial charge in [-0.15, -0.1) is 0 Å².